The molecule has 4 rings (SSSR count). The molecule has 0 saturated carbocycles. The quantitative estimate of drug-likeness (QED) is 0.0480. The van der Waals surface area contributed by atoms with Crippen LogP contribution in [0.15, 0.2) is 93.9 Å². The van der Waals surface area contributed by atoms with Gasteiger partial charge < -0.3 is 10.0 Å². The number of aryl methyl sites for hydroxylation is 2. The lowest BCUT2D eigenvalue weighted by Gasteiger charge is -2.06. The average molecular weight is 868 g/mol. The minimum atomic E-state index is -1.35. The maximum absolute atomic E-state index is 11.2. The molecule has 0 bridgehead atoms. The lowest BCUT2D eigenvalue weighted by molar-refractivity contribution is -0.385. The van der Waals surface area contributed by atoms with Crippen LogP contribution in [0, 0.1) is 23.8 Å². The lowest BCUT2D eigenvalue weighted by atomic mass is 9.80. The van der Waals surface area contributed by atoms with E-state index in [1.807, 2.05) is 52.9 Å². The van der Waals surface area contributed by atoms with Crippen LogP contribution in [0.1, 0.15) is 63.5 Å². The summed E-state index contributed by atoms with van der Waals surface area (Å²) in [6, 6.07) is 25.7. The van der Waals surface area contributed by atoms with Gasteiger partial charge in [-0.25, -0.2) is 0 Å². The molecule has 8 nitrogen and oxygen atoms in total. The van der Waals surface area contributed by atoms with Crippen molar-refractivity contribution in [1.82, 2.24) is 0 Å². The number of unbranched alkanes of at least 4 members (excludes halogenated alkanes) is 4. The van der Waals surface area contributed by atoms with Crippen molar-refractivity contribution < 1.29 is 19.9 Å². The first-order valence-electron chi connectivity index (χ1n) is 15.0. The molecule has 0 aliphatic carbocycles. The number of nitro benzene ring substituents is 2. The molecule has 0 aromatic heterocycles. The molecule has 12 heteroatoms. The number of nitrogens with zero attached hydrogens (tertiary/aromatic N) is 2. The summed E-state index contributed by atoms with van der Waals surface area (Å²) in [6.45, 7) is 4.38. The van der Waals surface area contributed by atoms with Crippen LogP contribution in [-0.2, 0) is 12.8 Å². The summed E-state index contributed by atoms with van der Waals surface area (Å²) in [5.41, 5.74) is 4.92. The third kappa shape index (κ3) is 14.0. The number of halogens is 3. The van der Waals surface area contributed by atoms with Gasteiger partial charge in [0, 0.05) is 21.1 Å². The van der Waals surface area contributed by atoms with E-state index in [2.05, 4.69) is 57.8 Å². The van der Waals surface area contributed by atoms with Gasteiger partial charge in [-0.05, 0) is 94.7 Å². The molecule has 0 radical (unpaired) electrons. The summed E-state index contributed by atoms with van der Waals surface area (Å²) in [5.74, 6) is 0. The second-order valence-electron chi connectivity index (χ2n) is 10.5. The van der Waals surface area contributed by atoms with Gasteiger partial charge in [0.05, 0.1) is 19.0 Å². The Balaban J connectivity index is 0.000000256. The number of hydrogen-bond acceptors (Lipinski definition) is 6. The predicted octanol–water partition coefficient (Wildman–Crippen LogP) is 9.82. The Hall–Kier alpha value is -2.65. The molecule has 0 fully saturated rings. The van der Waals surface area contributed by atoms with Gasteiger partial charge in [-0.1, -0.05) is 120 Å². The minimum absolute atomic E-state index is 0.128. The van der Waals surface area contributed by atoms with Crippen LogP contribution < -0.4 is 5.46 Å². The van der Waals surface area contributed by atoms with Crippen molar-refractivity contribution in [2.75, 3.05) is 0 Å². The third-order valence-electron chi connectivity index (χ3n) is 6.94. The van der Waals surface area contributed by atoms with E-state index >= 15 is 0 Å². The van der Waals surface area contributed by atoms with E-state index in [4.69, 9.17) is 10.0 Å². The molecule has 2 N–H and O–H groups in total. The summed E-state index contributed by atoms with van der Waals surface area (Å²) in [4.78, 5) is 20.8. The zero-order valence-electron chi connectivity index (χ0n) is 25.9. The molecule has 0 heterocycles. The highest BCUT2D eigenvalue weighted by Gasteiger charge is 2.15. The lowest BCUT2D eigenvalue weighted by Crippen LogP contribution is -2.29. The van der Waals surface area contributed by atoms with Crippen molar-refractivity contribution in [2.24, 2.45) is 0 Å². The van der Waals surface area contributed by atoms with Crippen LogP contribution >= 0.6 is 54.5 Å². The van der Waals surface area contributed by atoms with Crippen molar-refractivity contribution >= 4 is 78.4 Å². The molecule has 0 aliphatic heterocycles. The first-order valence-corrected chi connectivity index (χ1v) is 17.7. The van der Waals surface area contributed by atoms with E-state index < -0.39 is 12.0 Å². The van der Waals surface area contributed by atoms with Crippen molar-refractivity contribution in [3.63, 3.8) is 0 Å². The van der Waals surface area contributed by atoms with Gasteiger partial charge in [0.1, 0.15) is 0 Å². The molecule has 0 atom stereocenters. The summed E-state index contributed by atoms with van der Waals surface area (Å²) in [6.07, 6.45) is 9.47. The Labute approximate surface area is 301 Å². The molecule has 0 aliphatic rings. The molecule has 0 unspecified atom stereocenters. The zero-order chi connectivity index (χ0) is 34.1. The van der Waals surface area contributed by atoms with E-state index in [1.165, 1.54) is 55.7 Å². The number of rotatable bonds is 12. The van der Waals surface area contributed by atoms with E-state index in [-0.39, 0.29) is 16.3 Å². The first-order chi connectivity index (χ1) is 22.0. The van der Waals surface area contributed by atoms with Gasteiger partial charge in [0.25, 0.3) is 11.4 Å². The normalized spacial score (nSPS) is 10.2. The van der Waals surface area contributed by atoms with Gasteiger partial charge in [0.2, 0.25) is 0 Å². The van der Waals surface area contributed by atoms with E-state index in [0.29, 0.717) is 19.1 Å². The smallest absolute Gasteiger partial charge is 0.423 e. The summed E-state index contributed by atoms with van der Waals surface area (Å²) in [5, 5.41) is 39.3. The van der Waals surface area contributed by atoms with Crippen LogP contribution in [0.3, 0.4) is 0 Å². The monoisotopic (exact) mass is 866 g/mol. The highest BCUT2D eigenvalue weighted by atomic mass is 127. The molecule has 244 valence electrons. The maximum Gasteiger partial charge on any atom is 0.488 e. The molecule has 4 aromatic carbocycles. The fourth-order valence-corrected chi connectivity index (χ4v) is 5.62. The van der Waals surface area contributed by atoms with Crippen molar-refractivity contribution in [3.05, 3.63) is 129 Å². The van der Waals surface area contributed by atoms with Gasteiger partial charge in [-0.2, -0.15) is 0 Å². The first kappa shape index (κ1) is 39.5. The van der Waals surface area contributed by atoms with Gasteiger partial charge in [-0.15, -0.1) is 0 Å². The van der Waals surface area contributed by atoms with E-state index in [0.717, 1.165) is 22.9 Å². The summed E-state index contributed by atoms with van der Waals surface area (Å²) >= 11 is 8.37. The Bertz CT molecular complexity index is 1540. The third-order valence-corrected chi connectivity index (χ3v) is 8.84. The largest absolute Gasteiger partial charge is 0.488 e. The Morgan fingerprint density at radius 1 is 0.674 bits per heavy atom. The number of hydrogen-bond donors (Lipinski definition) is 2. The van der Waals surface area contributed by atoms with Crippen LogP contribution in [0.2, 0.25) is 0 Å². The van der Waals surface area contributed by atoms with Crippen LogP contribution in [0.25, 0.3) is 11.1 Å². The molecule has 0 saturated heterocycles. The fourth-order valence-electron chi connectivity index (χ4n) is 4.39. The second-order valence-corrected chi connectivity index (χ2v) is 13.5. The van der Waals surface area contributed by atoms with Gasteiger partial charge in [-0.3, -0.25) is 20.2 Å². The van der Waals surface area contributed by atoms with Crippen molar-refractivity contribution in [1.29, 1.82) is 0 Å². The molecule has 0 spiro atoms. The molecular weight excluding hydrogens is 830 g/mol. The van der Waals surface area contributed by atoms with Gasteiger partial charge in [0.15, 0.2) is 0 Å². The van der Waals surface area contributed by atoms with Crippen molar-refractivity contribution in [3.8, 4) is 11.1 Å². The summed E-state index contributed by atoms with van der Waals surface area (Å²) < 4.78 is 2.09. The number of benzene rings is 4. The SMILES string of the molecule is CCCCCc1ccc(-c2ccc(Br)cc2[N+](=O)[O-])cc1.CCCCCc1ccc(B(O)O)cc1.O=[N+]([O-])c1cc(Br)ccc1I. The van der Waals surface area contributed by atoms with Crippen molar-refractivity contribution in [2.45, 2.75) is 65.2 Å². The number of nitro groups is 2. The van der Waals surface area contributed by atoms with E-state index in [9.17, 15) is 20.2 Å². The Morgan fingerprint density at radius 3 is 1.57 bits per heavy atom. The van der Waals surface area contributed by atoms with E-state index in [1.54, 1.807) is 36.4 Å². The highest BCUT2D eigenvalue weighted by Crippen LogP contribution is 2.32. The molecule has 46 heavy (non-hydrogen) atoms. The minimum Gasteiger partial charge on any atom is -0.423 e. The fraction of sp³-hybridized carbons (Fsp3) is 0.294. The Kier molecular flexibility index (Phi) is 18.3. The van der Waals surface area contributed by atoms with Gasteiger partial charge >= 0.3 is 7.12 Å². The standard InChI is InChI=1S/C17H18BrNO2.C11H17BO2.C6H3BrINO2/c1-2-3-4-5-13-6-8-14(9-7-13)16-11-10-15(18)12-17(16)19(20)21;1-2-3-4-5-10-6-8-11(9-7-10)12(13)14;7-4-1-2-5(8)6(3-4)9(10)11/h6-12H,2-5H2,1H3;6-9,13-14H,2-5H2,1H3;1-3H. The molecule has 4 aromatic rings. The maximum atomic E-state index is 11.2. The van der Waals surface area contributed by atoms with Crippen LogP contribution in [0.4, 0.5) is 11.4 Å². The van der Waals surface area contributed by atoms with Crippen LogP contribution in [0.5, 0.6) is 0 Å². The Morgan fingerprint density at radius 2 is 1.13 bits per heavy atom. The summed E-state index contributed by atoms with van der Waals surface area (Å²) in [7, 11) is -1.35. The highest BCUT2D eigenvalue weighted by molar-refractivity contribution is 14.1. The average Bonchev–Trinajstić information content (AvgIpc) is 3.03. The topological polar surface area (TPSA) is 127 Å². The zero-order valence-corrected chi connectivity index (χ0v) is 31.2. The van der Waals surface area contributed by atoms with Crippen LogP contribution in [-0.4, -0.2) is 27.0 Å². The molecular formula is C34H38BBr2IN2O6. The predicted molar refractivity (Wildman–Crippen MR) is 202 cm³/mol. The second kappa shape index (κ2) is 21.3. The molecule has 0 amide bonds.